The van der Waals surface area contributed by atoms with Crippen LogP contribution in [0, 0.1) is 11.8 Å². The van der Waals surface area contributed by atoms with Gasteiger partial charge in [0.1, 0.15) is 5.92 Å². The highest BCUT2D eigenvalue weighted by Crippen LogP contribution is 2.33. The standard InChI is InChI=1S/C11H16N2O3/c1-2-13-10(15)8(7-5-3-4-6-7)9(14)12-11(13)16/h7-8H,2-6H2,1H3,(H,12,14,16). The number of barbiturate groups is 1. The van der Waals surface area contributed by atoms with Crippen molar-refractivity contribution in [2.45, 2.75) is 32.6 Å². The number of imide groups is 2. The van der Waals surface area contributed by atoms with Crippen molar-refractivity contribution in [1.82, 2.24) is 10.2 Å². The Kier molecular flexibility index (Phi) is 2.94. The molecule has 88 valence electrons. The van der Waals surface area contributed by atoms with Gasteiger partial charge in [-0.25, -0.2) is 4.79 Å². The molecule has 0 radical (unpaired) electrons. The summed E-state index contributed by atoms with van der Waals surface area (Å²) in [4.78, 5) is 36.2. The Morgan fingerprint density at radius 3 is 2.44 bits per heavy atom. The number of nitrogens with one attached hydrogen (secondary N) is 1. The minimum atomic E-state index is -0.639. The first kappa shape index (κ1) is 11.1. The molecular formula is C11H16N2O3. The third-order valence-corrected chi connectivity index (χ3v) is 3.48. The number of carbonyl (C=O) groups excluding carboxylic acids is 3. The van der Waals surface area contributed by atoms with Crippen molar-refractivity contribution in [3.8, 4) is 0 Å². The number of urea groups is 1. The molecule has 0 aromatic carbocycles. The lowest BCUT2D eigenvalue weighted by molar-refractivity contribution is -0.144. The maximum absolute atomic E-state index is 12.0. The van der Waals surface area contributed by atoms with Crippen molar-refractivity contribution in [1.29, 1.82) is 0 Å². The smallest absolute Gasteiger partial charge is 0.277 e. The fourth-order valence-electron chi connectivity index (χ4n) is 2.64. The van der Waals surface area contributed by atoms with Crippen LogP contribution in [-0.4, -0.2) is 29.3 Å². The predicted octanol–water partition coefficient (Wildman–Crippen LogP) is 0.891. The first-order chi connectivity index (χ1) is 7.65. The molecule has 5 heteroatoms. The number of nitrogens with zero attached hydrogens (tertiary/aromatic N) is 1. The summed E-state index contributed by atoms with van der Waals surface area (Å²) in [6.45, 7) is 2.06. The van der Waals surface area contributed by atoms with Gasteiger partial charge in [0.25, 0.3) is 0 Å². The quantitative estimate of drug-likeness (QED) is 0.708. The van der Waals surface area contributed by atoms with Crippen LogP contribution in [0.5, 0.6) is 0 Å². The molecule has 2 rings (SSSR count). The highest BCUT2D eigenvalue weighted by molar-refractivity contribution is 6.16. The maximum atomic E-state index is 12.0. The molecule has 1 heterocycles. The molecule has 0 spiro atoms. The third-order valence-electron chi connectivity index (χ3n) is 3.48. The Bertz CT molecular complexity index is 334. The molecule has 1 aliphatic carbocycles. The zero-order valence-electron chi connectivity index (χ0n) is 9.36. The monoisotopic (exact) mass is 224 g/mol. The molecule has 0 aromatic rings. The van der Waals surface area contributed by atoms with Gasteiger partial charge in [0.05, 0.1) is 0 Å². The maximum Gasteiger partial charge on any atom is 0.330 e. The van der Waals surface area contributed by atoms with Gasteiger partial charge in [0, 0.05) is 6.54 Å². The van der Waals surface area contributed by atoms with E-state index < -0.39 is 17.9 Å². The van der Waals surface area contributed by atoms with Crippen LogP contribution >= 0.6 is 0 Å². The van der Waals surface area contributed by atoms with Gasteiger partial charge in [-0.3, -0.25) is 19.8 Å². The molecule has 1 atom stereocenters. The number of rotatable bonds is 2. The Balaban J connectivity index is 2.19. The molecule has 16 heavy (non-hydrogen) atoms. The molecule has 4 amide bonds. The van der Waals surface area contributed by atoms with Gasteiger partial charge in [-0.05, 0) is 25.7 Å². The summed E-state index contributed by atoms with van der Waals surface area (Å²) in [5.74, 6) is -1.25. The summed E-state index contributed by atoms with van der Waals surface area (Å²) >= 11 is 0. The van der Waals surface area contributed by atoms with E-state index in [-0.39, 0.29) is 11.8 Å². The Labute approximate surface area is 94.2 Å². The van der Waals surface area contributed by atoms with Crippen LogP contribution in [0.3, 0.4) is 0 Å². The van der Waals surface area contributed by atoms with E-state index >= 15 is 0 Å². The van der Waals surface area contributed by atoms with Gasteiger partial charge in [0.2, 0.25) is 11.8 Å². The van der Waals surface area contributed by atoms with E-state index in [1.165, 1.54) is 0 Å². The molecular weight excluding hydrogens is 208 g/mol. The van der Waals surface area contributed by atoms with Gasteiger partial charge >= 0.3 is 6.03 Å². The average Bonchev–Trinajstić information content (AvgIpc) is 2.70. The number of carbonyl (C=O) groups is 3. The zero-order chi connectivity index (χ0) is 11.7. The largest absolute Gasteiger partial charge is 0.330 e. The summed E-state index contributed by atoms with van der Waals surface area (Å²) in [6.07, 6.45) is 3.97. The summed E-state index contributed by atoms with van der Waals surface area (Å²) in [7, 11) is 0. The highest BCUT2D eigenvalue weighted by atomic mass is 16.2. The fraction of sp³-hybridized carbons (Fsp3) is 0.727. The average molecular weight is 224 g/mol. The summed E-state index contributed by atoms with van der Waals surface area (Å²) in [5, 5.41) is 2.26. The lowest BCUT2D eigenvalue weighted by atomic mass is 9.87. The highest BCUT2D eigenvalue weighted by Gasteiger charge is 2.44. The van der Waals surface area contributed by atoms with Crippen LogP contribution in [0.4, 0.5) is 4.79 Å². The second-order valence-electron chi connectivity index (χ2n) is 4.40. The van der Waals surface area contributed by atoms with Crippen molar-refractivity contribution in [3.63, 3.8) is 0 Å². The van der Waals surface area contributed by atoms with Crippen molar-refractivity contribution in [2.24, 2.45) is 11.8 Å². The molecule has 5 nitrogen and oxygen atoms in total. The van der Waals surface area contributed by atoms with Crippen molar-refractivity contribution in [2.75, 3.05) is 6.54 Å². The van der Waals surface area contributed by atoms with Crippen molar-refractivity contribution in [3.05, 3.63) is 0 Å². The predicted molar refractivity (Wildman–Crippen MR) is 56.4 cm³/mol. The van der Waals surface area contributed by atoms with Gasteiger partial charge in [-0.2, -0.15) is 0 Å². The van der Waals surface area contributed by atoms with E-state index in [9.17, 15) is 14.4 Å². The van der Waals surface area contributed by atoms with Crippen LogP contribution in [0.2, 0.25) is 0 Å². The van der Waals surface area contributed by atoms with Crippen molar-refractivity contribution < 1.29 is 14.4 Å². The first-order valence-electron chi connectivity index (χ1n) is 5.81. The number of amides is 4. The number of hydrogen-bond acceptors (Lipinski definition) is 3. The van der Waals surface area contributed by atoms with E-state index in [1.54, 1.807) is 6.92 Å². The molecule has 1 aliphatic heterocycles. The minimum absolute atomic E-state index is 0.120. The molecule has 0 aromatic heterocycles. The number of hydrogen-bond donors (Lipinski definition) is 1. The minimum Gasteiger partial charge on any atom is -0.277 e. The van der Waals surface area contributed by atoms with E-state index in [2.05, 4.69) is 5.32 Å². The Morgan fingerprint density at radius 1 is 1.25 bits per heavy atom. The molecule has 1 N–H and O–H groups in total. The molecule has 1 unspecified atom stereocenters. The van der Waals surface area contributed by atoms with E-state index in [4.69, 9.17) is 0 Å². The summed E-state index contributed by atoms with van der Waals surface area (Å²) in [5.41, 5.74) is 0. The molecule has 2 fully saturated rings. The van der Waals surface area contributed by atoms with Gasteiger partial charge in [-0.1, -0.05) is 12.8 Å². The van der Waals surface area contributed by atoms with Crippen molar-refractivity contribution >= 4 is 17.8 Å². The van der Waals surface area contributed by atoms with Crippen LogP contribution in [0.15, 0.2) is 0 Å². The molecule has 1 saturated heterocycles. The first-order valence-corrected chi connectivity index (χ1v) is 5.81. The van der Waals surface area contributed by atoms with E-state index in [1.807, 2.05) is 0 Å². The van der Waals surface area contributed by atoms with Gasteiger partial charge in [-0.15, -0.1) is 0 Å². The molecule has 2 aliphatic rings. The second kappa shape index (κ2) is 4.23. The molecule has 0 bridgehead atoms. The lowest BCUT2D eigenvalue weighted by Crippen LogP contribution is -2.59. The van der Waals surface area contributed by atoms with E-state index in [0.717, 1.165) is 30.6 Å². The third kappa shape index (κ3) is 1.70. The molecule has 1 saturated carbocycles. The SMILES string of the molecule is CCN1C(=O)NC(=O)C(C2CCCC2)C1=O. The second-order valence-corrected chi connectivity index (χ2v) is 4.40. The Hall–Kier alpha value is -1.39. The topological polar surface area (TPSA) is 66.5 Å². The normalized spacial score (nSPS) is 27.4. The Morgan fingerprint density at radius 2 is 1.88 bits per heavy atom. The summed E-state index contributed by atoms with van der Waals surface area (Å²) in [6, 6.07) is -0.577. The van der Waals surface area contributed by atoms with Gasteiger partial charge < -0.3 is 0 Å². The van der Waals surface area contributed by atoms with E-state index in [0.29, 0.717) is 6.54 Å². The van der Waals surface area contributed by atoms with Crippen LogP contribution in [-0.2, 0) is 9.59 Å². The van der Waals surface area contributed by atoms with Gasteiger partial charge in [0.15, 0.2) is 0 Å². The fourth-order valence-corrected chi connectivity index (χ4v) is 2.64. The summed E-state index contributed by atoms with van der Waals surface area (Å²) < 4.78 is 0. The lowest BCUT2D eigenvalue weighted by Gasteiger charge is -2.32. The van der Waals surface area contributed by atoms with Crippen LogP contribution in [0.25, 0.3) is 0 Å². The van der Waals surface area contributed by atoms with Crippen LogP contribution < -0.4 is 5.32 Å². The van der Waals surface area contributed by atoms with Crippen LogP contribution in [0.1, 0.15) is 32.6 Å². The zero-order valence-corrected chi connectivity index (χ0v) is 9.36.